The van der Waals surface area contributed by atoms with Crippen molar-refractivity contribution in [1.82, 2.24) is 0 Å². The predicted molar refractivity (Wildman–Crippen MR) is 249 cm³/mol. The Bertz CT molecular complexity index is 1460. The molecule has 0 spiro atoms. The van der Waals surface area contributed by atoms with E-state index in [2.05, 4.69) is 62.5 Å². The molecule has 0 aliphatic heterocycles. The number of unbranched alkanes of at least 4 members (excludes halogenated alkanes) is 13. The van der Waals surface area contributed by atoms with E-state index in [1.54, 1.807) is 12.2 Å². The molecule has 14 nitrogen and oxygen atoms in total. The summed E-state index contributed by atoms with van der Waals surface area (Å²) in [4.78, 5) is 47.5. The molecule has 1 aliphatic carbocycles. The number of aliphatic hydroxyl groups excluding tert-OH is 5. The Morgan fingerprint density at radius 1 is 0.531 bits per heavy atom. The van der Waals surface area contributed by atoms with Crippen molar-refractivity contribution in [3.05, 3.63) is 72.9 Å². The van der Waals surface area contributed by atoms with Crippen LogP contribution in [0.5, 0.6) is 0 Å². The molecule has 1 fully saturated rings. The molecule has 6 N–H and O–H groups in total. The first-order chi connectivity index (χ1) is 30.8. The highest BCUT2D eigenvalue weighted by molar-refractivity contribution is 7.47. The van der Waals surface area contributed by atoms with Crippen LogP contribution in [0.3, 0.4) is 0 Å². The van der Waals surface area contributed by atoms with Crippen molar-refractivity contribution in [3.63, 3.8) is 0 Å². The first-order valence-electron chi connectivity index (χ1n) is 23.7. The fourth-order valence-electron chi connectivity index (χ4n) is 6.60. The van der Waals surface area contributed by atoms with E-state index in [4.69, 9.17) is 18.5 Å². The van der Waals surface area contributed by atoms with Crippen molar-refractivity contribution in [2.75, 3.05) is 13.2 Å². The average Bonchev–Trinajstić information content (AvgIpc) is 3.27. The predicted octanol–water partition coefficient (Wildman–Crippen LogP) is 8.68. The molecular formula is C49H81O14P. The normalized spacial score (nSPS) is 22.1. The van der Waals surface area contributed by atoms with Crippen molar-refractivity contribution >= 4 is 25.5 Å². The average molecular weight is 925 g/mol. The standard InChI is InChI=1S/C49H81O14P/c1-3-5-7-8-9-10-11-12-13-14-15-16-17-18-19-22-26-29-33-37-43(52)62-41(39-61-64(58,59)63-49-47(56)45(54)44(53)46(55)48(49)57)38-60-42(51)36-32-28-25-23-20-21-24-27-31-35-40(50)34-30-6-4-2/h9-10,12-13,15-16,18-19,24,27,31,35,41,44-49,53-57H,3-8,11,14,17,20-23,25-26,28-30,32-34,36-39H2,1-2H3,(H,58,59)/b10-9-,13-12-,16-15-,19-18-,27-24-,35-31+/t41-,44?,45-,46+,47-,48-,49?/m1/s1. The van der Waals surface area contributed by atoms with Gasteiger partial charge in [0.05, 0.1) is 6.61 Å². The second-order valence-corrected chi connectivity index (χ2v) is 17.7. The van der Waals surface area contributed by atoms with Crippen molar-refractivity contribution in [2.24, 2.45) is 0 Å². The molecule has 1 rings (SSSR count). The maximum Gasteiger partial charge on any atom is 0.472 e. The fourth-order valence-corrected chi connectivity index (χ4v) is 7.58. The molecule has 0 heterocycles. The minimum absolute atomic E-state index is 0.0379. The molecule has 8 atom stereocenters. The summed E-state index contributed by atoms with van der Waals surface area (Å²) in [5.74, 6) is -1.06. The Morgan fingerprint density at radius 2 is 0.984 bits per heavy atom. The van der Waals surface area contributed by atoms with E-state index in [1.165, 1.54) is 19.3 Å². The Balaban J connectivity index is 2.51. The van der Waals surface area contributed by atoms with Crippen molar-refractivity contribution in [2.45, 2.75) is 204 Å². The Labute approximate surface area is 382 Å². The first-order valence-corrected chi connectivity index (χ1v) is 25.2. The second kappa shape index (κ2) is 38.1. The third kappa shape index (κ3) is 30.2. The van der Waals surface area contributed by atoms with E-state index in [9.17, 15) is 49.4 Å². The van der Waals surface area contributed by atoms with Gasteiger partial charge in [0.25, 0.3) is 0 Å². The zero-order valence-electron chi connectivity index (χ0n) is 38.5. The zero-order valence-corrected chi connectivity index (χ0v) is 39.4. The van der Waals surface area contributed by atoms with Crippen LogP contribution in [0.2, 0.25) is 0 Å². The maximum absolute atomic E-state index is 12.8. The lowest BCUT2D eigenvalue weighted by atomic mass is 9.85. The molecule has 64 heavy (non-hydrogen) atoms. The molecule has 1 aliphatic rings. The number of esters is 2. The van der Waals surface area contributed by atoms with Gasteiger partial charge in [0.1, 0.15) is 43.2 Å². The van der Waals surface area contributed by atoms with Gasteiger partial charge in [0.15, 0.2) is 11.9 Å². The molecule has 0 amide bonds. The van der Waals surface area contributed by atoms with Gasteiger partial charge in [-0.15, -0.1) is 0 Å². The smallest absolute Gasteiger partial charge is 0.462 e. The second-order valence-electron chi connectivity index (χ2n) is 16.3. The van der Waals surface area contributed by atoms with Gasteiger partial charge in [-0.2, -0.15) is 0 Å². The van der Waals surface area contributed by atoms with Crippen LogP contribution >= 0.6 is 7.82 Å². The molecule has 0 aromatic carbocycles. The molecule has 0 bridgehead atoms. The van der Waals surface area contributed by atoms with Gasteiger partial charge in [0, 0.05) is 19.3 Å². The van der Waals surface area contributed by atoms with Crippen LogP contribution in [0.25, 0.3) is 0 Å². The number of phosphoric acid groups is 1. The highest BCUT2D eigenvalue weighted by atomic mass is 31.2. The van der Waals surface area contributed by atoms with Crippen molar-refractivity contribution < 1.29 is 67.9 Å². The van der Waals surface area contributed by atoms with Crippen molar-refractivity contribution in [3.8, 4) is 0 Å². The minimum atomic E-state index is -5.15. The van der Waals surface area contributed by atoms with Gasteiger partial charge >= 0.3 is 19.8 Å². The summed E-state index contributed by atoms with van der Waals surface area (Å²) in [6, 6.07) is 0. The minimum Gasteiger partial charge on any atom is -0.462 e. The lowest BCUT2D eigenvalue weighted by molar-refractivity contribution is -0.220. The molecule has 0 aromatic rings. The van der Waals surface area contributed by atoms with E-state index < -0.39 is 75.7 Å². The monoisotopic (exact) mass is 925 g/mol. The van der Waals surface area contributed by atoms with Gasteiger partial charge in [-0.05, 0) is 83.1 Å². The molecular weight excluding hydrogens is 843 g/mol. The first kappa shape index (κ1) is 59.0. The number of ketones is 1. The van der Waals surface area contributed by atoms with E-state index in [-0.39, 0.29) is 18.6 Å². The fraction of sp³-hybridized carbons (Fsp3) is 0.694. The van der Waals surface area contributed by atoms with Gasteiger partial charge < -0.3 is 39.9 Å². The summed E-state index contributed by atoms with van der Waals surface area (Å²) in [5, 5.41) is 50.2. The summed E-state index contributed by atoms with van der Waals surface area (Å²) in [7, 11) is -5.15. The van der Waals surface area contributed by atoms with E-state index >= 15 is 0 Å². The number of aliphatic hydroxyl groups is 5. The van der Waals surface area contributed by atoms with Gasteiger partial charge in [0.2, 0.25) is 0 Å². The molecule has 15 heteroatoms. The number of phosphoric ester groups is 1. The van der Waals surface area contributed by atoms with Crippen molar-refractivity contribution in [1.29, 1.82) is 0 Å². The Kier molecular flexibility index (Phi) is 35.1. The molecule has 3 unspecified atom stereocenters. The van der Waals surface area contributed by atoms with Gasteiger partial charge in [-0.25, -0.2) is 4.57 Å². The topological polar surface area (TPSA) is 227 Å². The van der Waals surface area contributed by atoms with Crippen LogP contribution in [-0.2, 0) is 37.5 Å². The number of carbonyl (C=O) groups excluding carboxylic acids is 3. The quantitative estimate of drug-likeness (QED) is 0.00851. The molecule has 1 saturated carbocycles. The van der Waals surface area contributed by atoms with Crippen LogP contribution in [-0.4, -0.2) is 104 Å². The zero-order chi connectivity index (χ0) is 47.3. The summed E-state index contributed by atoms with van der Waals surface area (Å²) in [5.41, 5.74) is 0. The molecule has 0 saturated heterocycles. The third-order valence-electron chi connectivity index (χ3n) is 10.5. The number of allylic oxidation sites excluding steroid dienone is 12. The highest BCUT2D eigenvalue weighted by Gasteiger charge is 2.51. The summed E-state index contributed by atoms with van der Waals surface area (Å²) in [6.45, 7) is 3.05. The van der Waals surface area contributed by atoms with E-state index in [0.29, 0.717) is 19.3 Å². The number of rotatable bonds is 38. The Morgan fingerprint density at radius 3 is 1.58 bits per heavy atom. The SMILES string of the molecule is CCCCC/C=C\C/C=C\C/C=C\C/C=C\CCCCCC(=O)O[C@H](COC(=O)CCCCCCC/C=C\C=C\C(=O)CCCCC)COP(=O)(O)OC1[C@H](O)[C@H](O)C(O)[C@H](O)[C@H]1O. The number of ether oxygens (including phenoxy) is 2. The third-order valence-corrected chi connectivity index (χ3v) is 11.5. The molecule has 0 radical (unpaired) electrons. The van der Waals surface area contributed by atoms with Crippen LogP contribution in [0.15, 0.2) is 72.9 Å². The molecule has 0 aromatic heterocycles. The molecule has 366 valence electrons. The lowest BCUT2D eigenvalue weighted by Gasteiger charge is -2.41. The Hall–Kier alpha value is -3.04. The van der Waals surface area contributed by atoms with E-state index in [0.717, 1.165) is 96.3 Å². The summed E-state index contributed by atoms with van der Waals surface area (Å²) >= 11 is 0. The van der Waals surface area contributed by atoms with Crippen LogP contribution < -0.4 is 0 Å². The van der Waals surface area contributed by atoms with Crippen LogP contribution in [0.4, 0.5) is 0 Å². The van der Waals surface area contributed by atoms with Crippen LogP contribution in [0, 0.1) is 0 Å². The van der Waals surface area contributed by atoms with Gasteiger partial charge in [-0.3, -0.25) is 23.4 Å². The van der Waals surface area contributed by atoms with E-state index in [1.807, 2.05) is 12.2 Å². The number of hydrogen-bond donors (Lipinski definition) is 6. The summed E-state index contributed by atoms with van der Waals surface area (Å²) < 4.78 is 33.5. The largest absolute Gasteiger partial charge is 0.472 e. The lowest BCUT2D eigenvalue weighted by Crippen LogP contribution is -2.64. The summed E-state index contributed by atoms with van der Waals surface area (Å²) in [6.07, 6.45) is 30.7. The van der Waals surface area contributed by atoms with Gasteiger partial charge in [-0.1, -0.05) is 132 Å². The van der Waals surface area contributed by atoms with Crippen LogP contribution in [0.1, 0.15) is 162 Å². The highest BCUT2D eigenvalue weighted by Crippen LogP contribution is 2.47. The maximum atomic E-state index is 12.8. The number of carbonyl (C=O) groups is 3. The number of hydrogen-bond acceptors (Lipinski definition) is 13.